The van der Waals surface area contributed by atoms with Crippen LogP contribution < -0.4 is 0 Å². The average molecular weight is 285 g/mol. The highest BCUT2D eigenvalue weighted by Gasteiger charge is 2.06. The Balaban J connectivity index is 2.23. The smallest absolute Gasteiger partial charge is 0.0796 e. The molecule has 1 aromatic carbocycles. The van der Waals surface area contributed by atoms with Gasteiger partial charge in [0, 0.05) is 11.9 Å². The Morgan fingerprint density at radius 3 is 2.44 bits per heavy atom. The lowest BCUT2D eigenvalue weighted by Gasteiger charge is -2.15. The fourth-order valence-electron chi connectivity index (χ4n) is 1.60. The predicted octanol–water partition coefficient (Wildman–Crippen LogP) is 4.58. The van der Waals surface area contributed by atoms with Crippen LogP contribution in [0.3, 0.4) is 0 Å². The highest BCUT2D eigenvalue weighted by Crippen LogP contribution is 2.17. The summed E-state index contributed by atoms with van der Waals surface area (Å²) in [6.07, 6.45) is 2.57. The van der Waals surface area contributed by atoms with Crippen molar-refractivity contribution in [2.75, 3.05) is 11.9 Å². The van der Waals surface area contributed by atoms with Crippen molar-refractivity contribution in [1.29, 1.82) is 0 Å². The number of benzene rings is 1. The third-order valence-electron chi connectivity index (χ3n) is 2.85. The summed E-state index contributed by atoms with van der Waals surface area (Å²) in [6.45, 7) is 5.24. The molecule has 1 aromatic rings. The summed E-state index contributed by atoms with van der Waals surface area (Å²) in [5.41, 5.74) is 1.26. The first kappa shape index (κ1) is 13.7. The zero-order valence-electron chi connectivity index (χ0n) is 10.2. The van der Waals surface area contributed by atoms with E-state index in [1.807, 2.05) is 6.07 Å². The number of halogens is 1. The van der Waals surface area contributed by atoms with Gasteiger partial charge in [-0.1, -0.05) is 53.2 Å². The van der Waals surface area contributed by atoms with Crippen LogP contribution in [-0.2, 0) is 4.74 Å². The Hall–Kier alpha value is -0.340. The van der Waals surface area contributed by atoms with Crippen molar-refractivity contribution < 1.29 is 4.74 Å². The van der Waals surface area contributed by atoms with Crippen LogP contribution in [0.1, 0.15) is 38.4 Å². The van der Waals surface area contributed by atoms with E-state index < -0.39 is 0 Å². The molecule has 0 spiro atoms. The molecule has 0 aliphatic rings. The second-order valence-electron chi connectivity index (χ2n) is 4.30. The van der Waals surface area contributed by atoms with Gasteiger partial charge in [-0.2, -0.15) is 0 Å². The van der Waals surface area contributed by atoms with Gasteiger partial charge in [0.1, 0.15) is 0 Å². The third kappa shape index (κ3) is 5.13. The van der Waals surface area contributed by atoms with Crippen LogP contribution >= 0.6 is 15.9 Å². The van der Waals surface area contributed by atoms with E-state index >= 15 is 0 Å². The molecule has 0 aromatic heterocycles. The second-order valence-corrected chi connectivity index (χ2v) is 5.09. The minimum atomic E-state index is 0.206. The Morgan fingerprint density at radius 1 is 1.12 bits per heavy atom. The van der Waals surface area contributed by atoms with Crippen molar-refractivity contribution >= 4 is 15.9 Å². The van der Waals surface area contributed by atoms with Gasteiger partial charge < -0.3 is 4.74 Å². The molecule has 0 saturated carbocycles. The molecule has 2 atom stereocenters. The summed E-state index contributed by atoms with van der Waals surface area (Å²) in [4.78, 5) is 0. The average Bonchev–Trinajstić information content (AvgIpc) is 2.30. The van der Waals surface area contributed by atoms with Gasteiger partial charge in [-0.25, -0.2) is 0 Å². The molecule has 2 heteroatoms. The van der Waals surface area contributed by atoms with E-state index in [1.165, 1.54) is 12.0 Å². The van der Waals surface area contributed by atoms with E-state index in [-0.39, 0.29) is 6.10 Å². The first-order chi connectivity index (χ1) is 7.74. The number of alkyl halides is 1. The van der Waals surface area contributed by atoms with Crippen LogP contribution in [0.25, 0.3) is 0 Å². The van der Waals surface area contributed by atoms with Crippen LogP contribution in [0, 0.1) is 5.92 Å². The molecule has 1 rings (SSSR count). The molecule has 0 fully saturated rings. The number of hydrogen-bond acceptors (Lipinski definition) is 1. The summed E-state index contributed by atoms with van der Waals surface area (Å²) in [7, 11) is 0. The van der Waals surface area contributed by atoms with Crippen LogP contribution in [-0.4, -0.2) is 11.9 Å². The molecule has 1 nitrogen and oxygen atoms in total. The summed E-state index contributed by atoms with van der Waals surface area (Å²) >= 11 is 3.47. The summed E-state index contributed by atoms with van der Waals surface area (Å²) < 4.78 is 5.83. The molecular formula is C14H21BrO. The number of ether oxygens (including phenoxy) is 1. The number of hydrogen-bond donors (Lipinski definition) is 0. The standard InChI is InChI=1S/C14H21BrO/c1-12(8-10-15)9-11-16-13(2)14-6-4-3-5-7-14/h3-7,12-13H,8-11H2,1-2H3. The van der Waals surface area contributed by atoms with Gasteiger partial charge in [-0.3, -0.25) is 0 Å². The lowest BCUT2D eigenvalue weighted by molar-refractivity contribution is 0.0570. The Kier molecular flexibility index (Phi) is 6.74. The fourth-order valence-corrected chi connectivity index (χ4v) is 2.38. The van der Waals surface area contributed by atoms with Gasteiger partial charge in [0.05, 0.1) is 6.10 Å². The first-order valence-corrected chi connectivity index (χ1v) is 7.08. The Labute approximate surface area is 107 Å². The first-order valence-electron chi connectivity index (χ1n) is 5.96. The molecule has 2 unspecified atom stereocenters. The highest BCUT2D eigenvalue weighted by molar-refractivity contribution is 9.09. The van der Waals surface area contributed by atoms with Gasteiger partial charge in [0.2, 0.25) is 0 Å². The van der Waals surface area contributed by atoms with Crippen molar-refractivity contribution in [1.82, 2.24) is 0 Å². The maximum atomic E-state index is 5.83. The lowest BCUT2D eigenvalue weighted by atomic mass is 10.1. The van der Waals surface area contributed by atoms with Gasteiger partial charge in [-0.05, 0) is 31.2 Å². The maximum absolute atomic E-state index is 5.83. The lowest BCUT2D eigenvalue weighted by Crippen LogP contribution is -2.05. The van der Waals surface area contributed by atoms with E-state index in [0.717, 1.165) is 24.3 Å². The summed E-state index contributed by atoms with van der Waals surface area (Å²) in [5, 5.41) is 1.09. The molecule has 0 aliphatic heterocycles. The quantitative estimate of drug-likeness (QED) is 0.666. The highest BCUT2D eigenvalue weighted by atomic mass is 79.9. The van der Waals surface area contributed by atoms with Crippen LogP contribution in [0.4, 0.5) is 0 Å². The van der Waals surface area contributed by atoms with Crippen molar-refractivity contribution in [3.63, 3.8) is 0 Å². The van der Waals surface area contributed by atoms with Crippen LogP contribution in [0.15, 0.2) is 30.3 Å². The molecule has 0 radical (unpaired) electrons. The molecule has 0 N–H and O–H groups in total. The van der Waals surface area contributed by atoms with E-state index in [2.05, 4.69) is 54.0 Å². The van der Waals surface area contributed by atoms with Gasteiger partial charge >= 0.3 is 0 Å². The minimum absolute atomic E-state index is 0.206. The largest absolute Gasteiger partial charge is 0.374 e. The molecule has 0 heterocycles. The topological polar surface area (TPSA) is 9.23 Å². The molecule has 0 bridgehead atoms. The van der Waals surface area contributed by atoms with Crippen molar-refractivity contribution in [3.8, 4) is 0 Å². The van der Waals surface area contributed by atoms with Crippen LogP contribution in [0.5, 0.6) is 0 Å². The fraction of sp³-hybridized carbons (Fsp3) is 0.571. The predicted molar refractivity (Wildman–Crippen MR) is 73.0 cm³/mol. The monoisotopic (exact) mass is 284 g/mol. The molecule has 90 valence electrons. The van der Waals surface area contributed by atoms with Crippen molar-refractivity contribution in [2.24, 2.45) is 5.92 Å². The van der Waals surface area contributed by atoms with Gasteiger partial charge in [-0.15, -0.1) is 0 Å². The summed E-state index contributed by atoms with van der Waals surface area (Å²) in [6, 6.07) is 10.4. The van der Waals surface area contributed by atoms with E-state index in [1.54, 1.807) is 0 Å². The van der Waals surface area contributed by atoms with Gasteiger partial charge in [0.15, 0.2) is 0 Å². The zero-order chi connectivity index (χ0) is 11.8. The molecule has 0 amide bonds. The van der Waals surface area contributed by atoms with E-state index in [0.29, 0.717) is 0 Å². The van der Waals surface area contributed by atoms with Crippen LogP contribution in [0.2, 0.25) is 0 Å². The van der Waals surface area contributed by atoms with Crippen molar-refractivity contribution in [3.05, 3.63) is 35.9 Å². The third-order valence-corrected chi connectivity index (χ3v) is 3.31. The Bertz CT molecular complexity index is 273. The van der Waals surface area contributed by atoms with E-state index in [9.17, 15) is 0 Å². The molecular weight excluding hydrogens is 264 g/mol. The van der Waals surface area contributed by atoms with E-state index in [4.69, 9.17) is 4.74 Å². The SMILES string of the molecule is CC(CCBr)CCOC(C)c1ccccc1. The molecule has 0 aliphatic carbocycles. The molecule has 16 heavy (non-hydrogen) atoms. The van der Waals surface area contributed by atoms with Crippen molar-refractivity contribution in [2.45, 2.75) is 32.8 Å². The summed E-state index contributed by atoms with van der Waals surface area (Å²) in [5.74, 6) is 0.738. The Morgan fingerprint density at radius 2 is 1.81 bits per heavy atom. The van der Waals surface area contributed by atoms with Gasteiger partial charge in [0.25, 0.3) is 0 Å². The normalized spacial score (nSPS) is 14.7. The maximum Gasteiger partial charge on any atom is 0.0796 e. The zero-order valence-corrected chi connectivity index (χ0v) is 11.7. The number of rotatable bonds is 7. The molecule has 0 saturated heterocycles. The minimum Gasteiger partial charge on any atom is -0.374 e. The second kappa shape index (κ2) is 7.86.